The van der Waals surface area contributed by atoms with E-state index in [2.05, 4.69) is 15.6 Å². The highest BCUT2D eigenvalue weighted by atomic mass is 16.5. The van der Waals surface area contributed by atoms with Crippen LogP contribution in [0, 0.1) is 6.92 Å². The second kappa shape index (κ2) is 4.82. The van der Waals surface area contributed by atoms with Crippen LogP contribution in [0.2, 0.25) is 0 Å². The molecule has 2 fully saturated rings. The first-order chi connectivity index (χ1) is 9.52. The molecule has 3 heterocycles. The van der Waals surface area contributed by atoms with Crippen molar-refractivity contribution in [2.24, 2.45) is 0 Å². The zero-order valence-corrected chi connectivity index (χ0v) is 11.1. The van der Waals surface area contributed by atoms with Gasteiger partial charge in [0, 0.05) is 5.69 Å². The molecule has 2 aliphatic rings. The van der Waals surface area contributed by atoms with E-state index in [1.54, 1.807) is 13.0 Å². The Kier molecular flexibility index (Phi) is 3.13. The summed E-state index contributed by atoms with van der Waals surface area (Å²) < 4.78 is 5.66. The first-order valence-corrected chi connectivity index (χ1v) is 6.69. The van der Waals surface area contributed by atoms with Gasteiger partial charge in [-0.25, -0.2) is 9.59 Å². The van der Waals surface area contributed by atoms with Crippen LogP contribution in [0.15, 0.2) is 6.07 Å². The smallest absolute Gasteiger partial charge is 0.354 e. The van der Waals surface area contributed by atoms with Crippen LogP contribution in [-0.2, 0) is 4.74 Å². The van der Waals surface area contributed by atoms with Crippen LogP contribution >= 0.6 is 0 Å². The summed E-state index contributed by atoms with van der Waals surface area (Å²) in [5.41, 5.74) is 0.944. The number of amides is 2. The number of H-pyrrole nitrogens is 1. The fourth-order valence-electron chi connectivity index (χ4n) is 2.97. The molecule has 0 spiro atoms. The largest absolute Gasteiger partial charge is 0.477 e. The maximum atomic E-state index is 11.9. The van der Waals surface area contributed by atoms with Gasteiger partial charge in [0.2, 0.25) is 0 Å². The van der Waals surface area contributed by atoms with Crippen LogP contribution < -0.4 is 10.6 Å². The normalized spacial score (nSPS) is 27.6. The zero-order valence-electron chi connectivity index (χ0n) is 11.1. The van der Waals surface area contributed by atoms with E-state index in [0.29, 0.717) is 5.69 Å². The van der Waals surface area contributed by atoms with Gasteiger partial charge in [-0.05, 0) is 32.3 Å². The number of aryl methyl sites for hydroxylation is 1. The SMILES string of the molecule is Cc1cc(NC(=O)NC2CC3CCC2O3)c(C(=O)O)[nH]1. The average molecular weight is 279 g/mol. The molecule has 3 rings (SSSR count). The highest BCUT2D eigenvalue weighted by Gasteiger charge is 2.41. The number of carboxylic acids is 1. The summed E-state index contributed by atoms with van der Waals surface area (Å²) in [6.07, 6.45) is 3.21. The Bertz CT molecular complexity index is 554. The zero-order chi connectivity index (χ0) is 14.3. The van der Waals surface area contributed by atoms with Gasteiger partial charge in [-0.1, -0.05) is 0 Å². The minimum absolute atomic E-state index is 0.0122. The highest BCUT2D eigenvalue weighted by molar-refractivity contribution is 5.99. The van der Waals surface area contributed by atoms with Crippen molar-refractivity contribution in [2.45, 2.75) is 44.4 Å². The Morgan fingerprint density at radius 2 is 2.25 bits per heavy atom. The number of rotatable bonds is 3. The lowest BCUT2D eigenvalue weighted by Crippen LogP contribution is -2.43. The van der Waals surface area contributed by atoms with Crippen molar-refractivity contribution in [2.75, 3.05) is 5.32 Å². The van der Waals surface area contributed by atoms with Crippen molar-refractivity contribution in [3.05, 3.63) is 17.5 Å². The maximum absolute atomic E-state index is 11.9. The lowest BCUT2D eigenvalue weighted by molar-refractivity contribution is 0.0692. The Balaban J connectivity index is 1.63. The molecule has 3 unspecified atom stereocenters. The molecule has 0 aromatic carbocycles. The third-order valence-corrected chi connectivity index (χ3v) is 3.84. The molecule has 20 heavy (non-hydrogen) atoms. The maximum Gasteiger partial charge on any atom is 0.354 e. The summed E-state index contributed by atoms with van der Waals surface area (Å²) in [4.78, 5) is 25.7. The number of aromatic amines is 1. The number of carbonyl (C=O) groups excluding carboxylic acids is 1. The Morgan fingerprint density at radius 1 is 1.45 bits per heavy atom. The number of anilines is 1. The monoisotopic (exact) mass is 279 g/mol. The standard InChI is InChI=1S/C13H17N3O4/c1-6-4-9(11(14-6)12(17)18)16-13(19)15-8-5-7-2-3-10(8)20-7/h4,7-8,10,14H,2-3,5H2,1H3,(H,17,18)(H2,15,16,19). The van der Waals surface area contributed by atoms with E-state index in [4.69, 9.17) is 9.84 Å². The summed E-state index contributed by atoms with van der Waals surface area (Å²) in [5, 5.41) is 14.5. The predicted molar refractivity (Wildman–Crippen MR) is 70.9 cm³/mol. The molecule has 7 heteroatoms. The molecule has 2 aliphatic heterocycles. The molecule has 108 valence electrons. The fraction of sp³-hybridized carbons (Fsp3) is 0.538. The van der Waals surface area contributed by atoms with E-state index in [9.17, 15) is 9.59 Å². The molecule has 2 saturated heterocycles. The number of hydrogen-bond acceptors (Lipinski definition) is 3. The van der Waals surface area contributed by atoms with Crippen molar-refractivity contribution in [1.29, 1.82) is 0 Å². The molecular weight excluding hydrogens is 262 g/mol. The van der Waals surface area contributed by atoms with Gasteiger partial charge in [-0.2, -0.15) is 0 Å². The van der Waals surface area contributed by atoms with Crippen LogP contribution in [0.25, 0.3) is 0 Å². The summed E-state index contributed by atoms with van der Waals surface area (Å²) in [5.74, 6) is -1.10. The Hall–Kier alpha value is -2.02. The van der Waals surface area contributed by atoms with Gasteiger partial charge < -0.3 is 25.5 Å². The van der Waals surface area contributed by atoms with Crippen molar-refractivity contribution in [3.8, 4) is 0 Å². The van der Waals surface area contributed by atoms with Crippen LogP contribution in [0.1, 0.15) is 35.4 Å². The number of ether oxygens (including phenoxy) is 1. The van der Waals surface area contributed by atoms with Gasteiger partial charge in [0.25, 0.3) is 0 Å². The third-order valence-electron chi connectivity index (χ3n) is 3.84. The average Bonchev–Trinajstić information content (AvgIpc) is 3.04. The number of urea groups is 1. The predicted octanol–water partition coefficient (Wildman–Crippen LogP) is 1.46. The molecule has 0 aliphatic carbocycles. The van der Waals surface area contributed by atoms with Gasteiger partial charge in [0.1, 0.15) is 5.69 Å². The van der Waals surface area contributed by atoms with Gasteiger partial charge in [-0.3, -0.25) is 0 Å². The summed E-state index contributed by atoms with van der Waals surface area (Å²) in [6.45, 7) is 1.74. The molecule has 1 aromatic rings. The van der Waals surface area contributed by atoms with Crippen molar-refractivity contribution in [3.63, 3.8) is 0 Å². The molecule has 2 bridgehead atoms. The molecule has 7 nitrogen and oxygen atoms in total. The van der Waals surface area contributed by atoms with Crippen molar-refractivity contribution >= 4 is 17.7 Å². The lowest BCUT2D eigenvalue weighted by atomic mass is 9.96. The Labute approximate surface area is 115 Å². The van der Waals surface area contributed by atoms with E-state index in [-0.39, 0.29) is 29.6 Å². The molecule has 4 N–H and O–H groups in total. The van der Waals surface area contributed by atoms with Gasteiger partial charge in [-0.15, -0.1) is 0 Å². The lowest BCUT2D eigenvalue weighted by Gasteiger charge is -2.20. The fourth-order valence-corrected chi connectivity index (χ4v) is 2.97. The van der Waals surface area contributed by atoms with Crippen LogP contribution in [0.4, 0.5) is 10.5 Å². The van der Waals surface area contributed by atoms with Gasteiger partial charge in [0.15, 0.2) is 0 Å². The molecular formula is C13H17N3O4. The summed E-state index contributed by atoms with van der Waals surface area (Å²) in [7, 11) is 0. The van der Waals surface area contributed by atoms with E-state index in [1.807, 2.05) is 0 Å². The minimum Gasteiger partial charge on any atom is -0.477 e. The molecule has 3 atom stereocenters. The van der Waals surface area contributed by atoms with Crippen molar-refractivity contribution in [1.82, 2.24) is 10.3 Å². The number of fused-ring (bicyclic) bond motifs is 2. The molecule has 2 amide bonds. The first-order valence-electron chi connectivity index (χ1n) is 6.69. The molecule has 1 aromatic heterocycles. The Morgan fingerprint density at radius 3 is 2.85 bits per heavy atom. The number of carbonyl (C=O) groups is 2. The van der Waals surface area contributed by atoms with E-state index >= 15 is 0 Å². The summed E-state index contributed by atoms with van der Waals surface area (Å²) in [6, 6.07) is 1.22. The van der Waals surface area contributed by atoms with Crippen LogP contribution in [0.5, 0.6) is 0 Å². The second-order valence-electron chi connectivity index (χ2n) is 5.36. The highest BCUT2D eigenvalue weighted by Crippen LogP contribution is 2.34. The van der Waals surface area contributed by atoms with E-state index in [0.717, 1.165) is 19.3 Å². The van der Waals surface area contributed by atoms with Crippen LogP contribution in [-0.4, -0.2) is 40.3 Å². The summed E-state index contributed by atoms with van der Waals surface area (Å²) >= 11 is 0. The van der Waals surface area contributed by atoms with E-state index < -0.39 is 12.0 Å². The second-order valence-corrected chi connectivity index (χ2v) is 5.36. The number of nitrogens with one attached hydrogen (secondary N) is 3. The molecule has 0 radical (unpaired) electrons. The number of hydrogen-bond donors (Lipinski definition) is 4. The molecule has 0 saturated carbocycles. The topological polar surface area (TPSA) is 103 Å². The number of carboxylic acid groups (broad SMARTS) is 1. The van der Waals surface area contributed by atoms with Crippen LogP contribution in [0.3, 0.4) is 0 Å². The minimum atomic E-state index is -1.10. The quantitative estimate of drug-likeness (QED) is 0.672. The first kappa shape index (κ1) is 13.0. The van der Waals surface area contributed by atoms with Crippen molar-refractivity contribution < 1.29 is 19.4 Å². The van der Waals surface area contributed by atoms with Gasteiger partial charge in [0.05, 0.1) is 23.9 Å². The third kappa shape index (κ3) is 2.36. The number of aromatic carboxylic acids is 1. The van der Waals surface area contributed by atoms with Gasteiger partial charge >= 0.3 is 12.0 Å². The number of aromatic nitrogens is 1. The van der Waals surface area contributed by atoms with E-state index in [1.165, 1.54) is 0 Å².